The molecule has 8 heteroatoms. The first-order valence-electron chi connectivity index (χ1n) is 7.12. The van der Waals surface area contributed by atoms with E-state index in [1.807, 2.05) is 0 Å². The lowest BCUT2D eigenvalue weighted by atomic mass is 10.3. The van der Waals surface area contributed by atoms with Crippen LogP contribution in [0.25, 0.3) is 0 Å². The molecular weight excluding hydrogens is 336 g/mol. The van der Waals surface area contributed by atoms with Crippen LogP contribution in [0.2, 0.25) is 5.02 Å². The van der Waals surface area contributed by atoms with Gasteiger partial charge in [0.2, 0.25) is 0 Å². The quantitative estimate of drug-likeness (QED) is 0.905. The van der Waals surface area contributed by atoms with E-state index >= 15 is 0 Å². The molecule has 1 aliphatic heterocycles. The van der Waals surface area contributed by atoms with Crippen molar-refractivity contribution >= 4 is 40.6 Å². The van der Waals surface area contributed by atoms with Gasteiger partial charge in [-0.25, -0.2) is 9.78 Å². The molecule has 1 aromatic carbocycles. The summed E-state index contributed by atoms with van der Waals surface area (Å²) in [4.78, 5) is 31.9. The summed E-state index contributed by atoms with van der Waals surface area (Å²) in [6, 6.07) is 6.82. The first-order valence-corrected chi connectivity index (χ1v) is 8.44. The summed E-state index contributed by atoms with van der Waals surface area (Å²) in [5.74, 6) is -0.0823. The van der Waals surface area contributed by atoms with Gasteiger partial charge in [-0.1, -0.05) is 17.7 Å². The average Bonchev–Trinajstić information content (AvgIpc) is 3.09. The molecule has 2 heterocycles. The van der Waals surface area contributed by atoms with Crippen LogP contribution in [0, 0.1) is 0 Å². The molecule has 0 radical (unpaired) electrons. The fraction of sp³-hybridized carbons (Fsp3) is 0.267. The van der Waals surface area contributed by atoms with Crippen LogP contribution in [-0.2, 0) is 0 Å². The maximum absolute atomic E-state index is 12.2. The molecule has 0 spiro atoms. The van der Waals surface area contributed by atoms with Crippen molar-refractivity contribution in [3.63, 3.8) is 0 Å². The van der Waals surface area contributed by atoms with Gasteiger partial charge in [0.05, 0.1) is 5.51 Å². The maximum Gasteiger partial charge on any atom is 0.321 e. The molecule has 0 atom stereocenters. The van der Waals surface area contributed by atoms with Crippen molar-refractivity contribution in [2.24, 2.45) is 0 Å². The Hall–Kier alpha value is -2.12. The number of carbonyl (C=O) groups excluding carboxylic acids is 2. The highest BCUT2D eigenvalue weighted by Crippen LogP contribution is 2.16. The Balaban J connectivity index is 1.54. The van der Waals surface area contributed by atoms with Gasteiger partial charge in [-0.3, -0.25) is 4.79 Å². The number of piperazine rings is 1. The average molecular weight is 351 g/mol. The van der Waals surface area contributed by atoms with Gasteiger partial charge in [-0.2, -0.15) is 0 Å². The van der Waals surface area contributed by atoms with E-state index in [9.17, 15) is 9.59 Å². The molecule has 3 amide bonds. The molecule has 1 saturated heterocycles. The van der Waals surface area contributed by atoms with Crippen molar-refractivity contribution in [2.75, 3.05) is 31.5 Å². The number of thiazole rings is 1. The fourth-order valence-corrected chi connectivity index (χ4v) is 3.08. The number of rotatable bonds is 2. The molecule has 23 heavy (non-hydrogen) atoms. The molecule has 0 saturated carbocycles. The number of hydrogen-bond acceptors (Lipinski definition) is 4. The Kier molecular flexibility index (Phi) is 4.78. The first kappa shape index (κ1) is 15.8. The summed E-state index contributed by atoms with van der Waals surface area (Å²) < 4.78 is 0. The Morgan fingerprint density at radius 2 is 1.91 bits per heavy atom. The molecular formula is C15H15ClN4O2S. The molecule has 1 N–H and O–H groups in total. The third-order valence-electron chi connectivity index (χ3n) is 3.58. The minimum absolute atomic E-state index is 0.0823. The zero-order valence-corrected chi connectivity index (χ0v) is 13.8. The van der Waals surface area contributed by atoms with E-state index in [0.29, 0.717) is 42.6 Å². The second-order valence-corrected chi connectivity index (χ2v) is 6.25. The van der Waals surface area contributed by atoms with Gasteiger partial charge < -0.3 is 15.1 Å². The van der Waals surface area contributed by atoms with Gasteiger partial charge in [0, 0.05) is 42.3 Å². The third kappa shape index (κ3) is 3.80. The van der Waals surface area contributed by atoms with Crippen LogP contribution < -0.4 is 5.32 Å². The highest BCUT2D eigenvalue weighted by Gasteiger charge is 2.25. The molecule has 120 valence electrons. The van der Waals surface area contributed by atoms with Crippen LogP contribution in [-0.4, -0.2) is 52.9 Å². The number of carbonyl (C=O) groups is 2. The van der Waals surface area contributed by atoms with Crippen LogP contribution in [0.4, 0.5) is 10.5 Å². The predicted octanol–water partition coefficient (Wildman–Crippen LogP) is 2.79. The second kappa shape index (κ2) is 6.97. The van der Waals surface area contributed by atoms with Crippen molar-refractivity contribution < 1.29 is 9.59 Å². The number of urea groups is 1. The largest absolute Gasteiger partial charge is 0.334 e. The van der Waals surface area contributed by atoms with Gasteiger partial charge in [-0.05, 0) is 18.2 Å². The number of halogens is 1. The SMILES string of the molecule is O=C(Nc1cccc(Cl)c1)N1CCN(C(=O)c2cscn2)CC1. The minimum atomic E-state index is -0.187. The smallest absolute Gasteiger partial charge is 0.321 e. The number of nitrogens with one attached hydrogen (secondary N) is 1. The zero-order valence-electron chi connectivity index (χ0n) is 12.2. The lowest BCUT2D eigenvalue weighted by molar-refractivity contribution is 0.0666. The lowest BCUT2D eigenvalue weighted by Crippen LogP contribution is -2.51. The van der Waals surface area contributed by atoms with E-state index in [0.717, 1.165) is 0 Å². The summed E-state index contributed by atoms with van der Waals surface area (Å²) in [5.41, 5.74) is 2.76. The van der Waals surface area contributed by atoms with Crippen LogP contribution >= 0.6 is 22.9 Å². The standard InChI is InChI=1S/C15H15ClN4O2S/c16-11-2-1-3-12(8-11)18-15(22)20-6-4-19(5-7-20)14(21)13-9-23-10-17-13/h1-3,8-10H,4-7H2,(H,18,22). The van der Waals surface area contributed by atoms with E-state index < -0.39 is 0 Å². The van der Waals surface area contributed by atoms with E-state index in [4.69, 9.17) is 11.6 Å². The third-order valence-corrected chi connectivity index (χ3v) is 4.40. The lowest BCUT2D eigenvalue weighted by Gasteiger charge is -2.34. The normalized spacial score (nSPS) is 14.7. The van der Waals surface area contributed by atoms with Crippen LogP contribution in [0.1, 0.15) is 10.5 Å². The first-order chi connectivity index (χ1) is 11.1. The van der Waals surface area contributed by atoms with Crippen molar-refractivity contribution in [1.29, 1.82) is 0 Å². The van der Waals surface area contributed by atoms with Gasteiger partial charge >= 0.3 is 6.03 Å². The highest BCUT2D eigenvalue weighted by atomic mass is 35.5. The van der Waals surface area contributed by atoms with Gasteiger partial charge in [0.25, 0.3) is 5.91 Å². The summed E-state index contributed by atoms with van der Waals surface area (Å²) in [6.45, 7) is 1.98. The summed E-state index contributed by atoms with van der Waals surface area (Å²) in [6.07, 6.45) is 0. The zero-order chi connectivity index (χ0) is 16.2. The van der Waals surface area contributed by atoms with E-state index in [1.165, 1.54) is 11.3 Å². The van der Waals surface area contributed by atoms with Gasteiger partial charge in [0.15, 0.2) is 0 Å². The van der Waals surface area contributed by atoms with Crippen molar-refractivity contribution in [3.8, 4) is 0 Å². The topological polar surface area (TPSA) is 65.5 Å². The highest BCUT2D eigenvalue weighted by molar-refractivity contribution is 7.07. The summed E-state index contributed by atoms with van der Waals surface area (Å²) in [7, 11) is 0. The Morgan fingerprint density at radius 3 is 2.57 bits per heavy atom. The van der Waals surface area contributed by atoms with Crippen molar-refractivity contribution in [1.82, 2.24) is 14.8 Å². The van der Waals surface area contributed by atoms with E-state index in [2.05, 4.69) is 10.3 Å². The fourth-order valence-electron chi connectivity index (χ4n) is 2.36. The number of hydrogen-bond donors (Lipinski definition) is 1. The Bertz CT molecular complexity index is 699. The van der Waals surface area contributed by atoms with Crippen LogP contribution in [0.15, 0.2) is 35.2 Å². The molecule has 6 nitrogen and oxygen atoms in total. The van der Waals surface area contributed by atoms with Crippen molar-refractivity contribution in [3.05, 3.63) is 45.9 Å². The van der Waals surface area contributed by atoms with E-state index in [1.54, 1.807) is 45.0 Å². The minimum Gasteiger partial charge on any atom is -0.334 e. The number of benzene rings is 1. The van der Waals surface area contributed by atoms with E-state index in [-0.39, 0.29) is 11.9 Å². The molecule has 1 aromatic heterocycles. The van der Waals surface area contributed by atoms with Crippen molar-refractivity contribution in [2.45, 2.75) is 0 Å². The number of anilines is 1. The molecule has 0 unspecified atom stereocenters. The number of aromatic nitrogens is 1. The van der Waals surface area contributed by atoms with Crippen LogP contribution in [0.5, 0.6) is 0 Å². The monoisotopic (exact) mass is 350 g/mol. The Morgan fingerprint density at radius 1 is 1.17 bits per heavy atom. The molecule has 0 aliphatic carbocycles. The molecule has 1 aliphatic rings. The van der Waals surface area contributed by atoms with Gasteiger partial charge in [-0.15, -0.1) is 11.3 Å². The van der Waals surface area contributed by atoms with Gasteiger partial charge in [0.1, 0.15) is 5.69 Å². The number of nitrogens with zero attached hydrogens (tertiary/aromatic N) is 3. The maximum atomic E-state index is 12.2. The summed E-state index contributed by atoms with van der Waals surface area (Å²) >= 11 is 7.30. The molecule has 0 bridgehead atoms. The number of amides is 3. The molecule has 3 rings (SSSR count). The predicted molar refractivity (Wildman–Crippen MR) is 90.1 cm³/mol. The second-order valence-electron chi connectivity index (χ2n) is 5.09. The molecule has 2 aromatic rings. The summed E-state index contributed by atoms with van der Waals surface area (Å²) in [5, 5.41) is 5.12. The molecule has 1 fully saturated rings. The van der Waals surface area contributed by atoms with Crippen LogP contribution in [0.3, 0.4) is 0 Å². The Labute approximate surface area is 142 Å².